The van der Waals surface area contributed by atoms with Crippen LogP contribution in [0.5, 0.6) is 0 Å². The van der Waals surface area contributed by atoms with Crippen molar-refractivity contribution in [2.75, 3.05) is 5.73 Å². The summed E-state index contributed by atoms with van der Waals surface area (Å²) < 4.78 is 13.1. The molecule has 0 unspecified atom stereocenters. The molecule has 0 heterocycles. The van der Waals surface area contributed by atoms with Gasteiger partial charge < -0.3 is 15.9 Å². The molecule has 17 heavy (non-hydrogen) atoms. The number of hydrogen-bond donors (Lipinski definition) is 3. The first-order valence-electron chi connectivity index (χ1n) is 4.62. The molecule has 0 aliphatic carbocycles. The van der Waals surface area contributed by atoms with Gasteiger partial charge in [0.2, 0.25) is 0 Å². The summed E-state index contributed by atoms with van der Waals surface area (Å²) in [6, 6.07) is 1.85. The van der Waals surface area contributed by atoms with Crippen molar-refractivity contribution in [2.24, 2.45) is 0 Å². The van der Waals surface area contributed by atoms with Crippen LogP contribution in [0.3, 0.4) is 0 Å². The minimum atomic E-state index is -1.34. The van der Waals surface area contributed by atoms with Crippen molar-refractivity contribution >= 4 is 23.7 Å². The van der Waals surface area contributed by atoms with Crippen LogP contribution >= 0.6 is 0 Å². The van der Waals surface area contributed by atoms with E-state index in [1.807, 2.05) is 0 Å². The monoisotopic (exact) mass is 239 g/mol. The quantitative estimate of drug-likeness (QED) is 0.693. The lowest BCUT2D eigenvalue weighted by atomic mass is 10.1. The molecule has 0 aromatic heterocycles. The molecule has 0 spiro atoms. The second kappa shape index (κ2) is 5.11. The Bertz CT molecular complexity index is 496. The number of carboxylic acid groups (broad SMARTS) is 2. The van der Waals surface area contributed by atoms with Crippen LogP contribution in [0.2, 0.25) is 0 Å². The highest BCUT2D eigenvalue weighted by molar-refractivity contribution is 5.95. The fourth-order valence-corrected chi connectivity index (χ4v) is 1.24. The van der Waals surface area contributed by atoms with Crippen LogP contribution in [0.15, 0.2) is 18.2 Å². The smallest absolute Gasteiger partial charge is 0.337 e. The number of nitrogen functional groups attached to an aromatic ring is 1. The molecule has 0 atom stereocenters. The number of hydrogen-bond acceptors (Lipinski definition) is 3. The first-order chi connectivity index (χ1) is 7.91. The first kappa shape index (κ1) is 12.7. The molecule has 0 bridgehead atoms. The summed E-state index contributed by atoms with van der Waals surface area (Å²) in [4.78, 5) is 21.0. The Labute approximate surface area is 96.0 Å². The first-order valence-corrected chi connectivity index (χ1v) is 4.62. The molecule has 5 nitrogen and oxygen atoms in total. The number of nitrogens with two attached hydrogens (primary N) is 1. The highest BCUT2D eigenvalue weighted by atomic mass is 19.1. The van der Waals surface area contributed by atoms with E-state index in [0.29, 0.717) is 0 Å². The average molecular weight is 239 g/mol. The molecule has 0 fully saturated rings. The van der Waals surface area contributed by atoms with E-state index in [0.717, 1.165) is 12.1 Å². The molecule has 0 saturated carbocycles. The van der Waals surface area contributed by atoms with Crippen molar-refractivity contribution in [1.29, 1.82) is 0 Å². The third-order valence-corrected chi connectivity index (χ3v) is 2.00. The summed E-state index contributed by atoms with van der Waals surface area (Å²) >= 11 is 0. The van der Waals surface area contributed by atoms with Gasteiger partial charge in [-0.1, -0.05) is 12.2 Å². The van der Waals surface area contributed by atoms with E-state index in [9.17, 15) is 14.0 Å². The van der Waals surface area contributed by atoms with Crippen molar-refractivity contribution in [3.8, 4) is 0 Å². The van der Waals surface area contributed by atoms with Crippen molar-refractivity contribution in [3.63, 3.8) is 0 Å². The van der Waals surface area contributed by atoms with Crippen LogP contribution in [0.1, 0.15) is 22.3 Å². The molecule has 0 saturated heterocycles. The molecule has 1 rings (SSSR count). The van der Waals surface area contributed by atoms with Crippen molar-refractivity contribution < 1.29 is 24.2 Å². The van der Waals surface area contributed by atoms with E-state index >= 15 is 0 Å². The van der Waals surface area contributed by atoms with E-state index in [4.69, 9.17) is 15.9 Å². The maximum Gasteiger partial charge on any atom is 0.337 e. The number of rotatable bonds is 4. The van der Waals surface area contributed by atoms with E-state index in [2.05, 4.69) is 0 Å². The molecule has 0 amide bonds. The SMILES string of the molecule is Nc1c(C=CCC(=O)O)cc(F)cc1C(=O)O. The number of carboxylic acids is 2. The minimum Gasteiger partial charge on any atom is -0.481 e. The number of aliphatic carboxylic acids is 1. The van der Waals surface area contributed by atoms with E-state index in [1.165, 1.54) is 12.2 Å². The summed E-state index contributed by atoms with van der Waals surface area (Å²) in [5.41, 5.74) is 5.22. The molecule has 6 heteroatoms. The maximum absolute atomic E-state index is 13.1. The summed E-state index contributed by atoms with van der Waals surface area (Å²) in [5, 5.41) is 17.2. The van der Waals surface area contributed by atoms with Gasteiger partial charge in [0, 0.05) is 5.56 Å². The van der Waals surface area contributed by atoms with Crippen LogP contribution in [-0.4, -0.2) is 22.2 Å². The van der Waals surface area contributed by atoms with Crippen LogP contribution < -0.4 is 5.73 Å². The van der Waals surface area contributed by atoms with Gasteiger partial charge in [-0.25, -0.2) is 9.18 Å². The molecule has 0 aliphatic rings. The molecule has 90 valence electrons. The van der Waals surface area contributed by atoms with Gasteiger partial charge in [-0.2, -0.15) is 0 Å². The zero-order valence-electron chi connectivity index (χ0n) is 8.68. The van der Waals surface area contributed by atoms with Gasteiger partial charge in [-0.3, -0.25) is 4.79 Å². The van der Waals surface area contributed by atoms with E-state index in [1.54, 1.807) is 0 Å². The molecule has 0 radical (unpaired) electrons. The van der Waals surface area contributed by atoms with Crippen LogP contribution in [0.25, 0.3) is 6.08 Å². The second-order valence-corrected chi connectivity index (χ2v) is 3.26. The van der Waals surface area contributed by atoms with Crippen molar-refractivity contribution in [3.05, 3.63) is 35.2 Å². The zero-order chi connectivity index (χ0) is 13.0. The lowest BCUT2D eigenvalue weighted by Crippen LogP contribution is -2.05. The highest BCUT2D eigenvalue weighted by Gasteiger charge is 2.12. The third-order valence-electron chi connectivity index (χ3n) is 2.00. The predicted molar refractivity (Wildman–Crippen MR) is 59.1 cm³/mol. The fourth-order valence-electron chi connectivity index (χ4n) is 1.24. The van der Waals surface area contributed by atoms with Gasteiger partial charge in [0.05, 0.1) is 17.7 Å². The van der Waals surface area contributed by atoms with Crippen LogP contribution in [-0.2, 0) is 4.79 Å². The number of anilines is 1. The topological polar surface area (TPSA) is 101 Å². The Balaban J connectivity index is 3.11. The van der Waals surface area contributed by atoms with Gasteiger partial charge in [0.25, 0.3) is 0 Å². The summed E-state index contributed by atoms with van der Waals surface area (Å²) in [5.74, 6) is -3.13. The molecule has 1 aromatic rings. The van der Waals surface area contributed by atoms with Gasteiger partial charge in [-0.15, -0.1) is 0 Å². The predicted octanol–water partition coefficient (Wildman–Crippen LogP) is 1.59. The third kappa shape index (κ3) is 3.30. The van der Waals surface area contributed by atoms with Gasteiger partial charge in [0.1, 0.15) is 5.82 Å². The summed E-state index contributed by atoms with van der Waals surface area (Å²) in [6.07, 6.45) is 2.29. The molecule has 0 aliphatic heterocycles. The van der Waals surface area contributed by atoms with Gasteiger partial charge in [0.15, 0.2) is 0 Å². The average Bonchev–Trinajstić information content (AvgIpc) is 2.21. The Hall–Kier alpha value is -2.37. The lowest BCUT2D eigenvalue weighted by Gasteiger charge is -2.05. The number of aromatic carboxylic acids is 1. The highest BCUT2D eigenvalue weighted by Crippen LogP contribution is 2.21. The zero-order valence-corrected chi connectivity index (χ0v) is 8.68. The Morgan fingerprint density at radius 1 is 1.35 bits per heavy atom. The number of carbonyl (C=O) groups is 2. The van der Waals surface area contributed by atoms with Crippen molar-refractivity contribution in [1.82, 2.24) is 0 Å². The van der Waals surface area contributed by atoms with Crippen molar-refractivity contribution in [2.45, 2.75) is 6.42 Å². The molecular formula is C11H10FNO4. The maximum atomic E-state index is 13.1. The lowest BCUT2D eigenvalue weighted by molar-refractivity contribution is -0.135. The second-order valence-electron chi connectivity index (χ2n) is 3.26. The van der Waals surface area contributed by atoms with Gasteiger partial charge >= 0.3 is 11.9 Å². The molecule has 4 N–H and O–H groups in total. The standard InChI is InChI=1S/C11H10FNO4/c12-7-4-6(2-1-3-9(14)15)10(13)8(5-7)11(16)17/h1-2,4-5H,3,13H2,(H,14,15)(H,16,17). The van der Waals surface area contributed by atoms with Crippen LogP contribution in [0.4, 0.5) is 10.1 Å². The van der Waals surface area contributed by atoms with Gasteiger partial charge in [-0.05, 0) is 12.1 Å². The minimum absolute atomic E-state index is 0.0967. The Morgan fingerprint density at radius 2 is 2.00 bits per heavy atom. The Morgan fingerprint density at radius 3 is 2.53 bits per heavy atom. The summed E-state index contributed by atoms with van der Waals surface area (Å²) in [7, 11) is 0. The normalized spacial score (nSPS) is 10.6. The molecular weight excluding hydrogens is 229 g/mol. The van der Waals surface area contributed by atoms with E-state index < -0.39 is 17.8 Å². The number of halogens is 1. The van der Waals surface area contributed by atoms with Crippen LogP contribution in [0, 0.1) is 5.82 Å². The molecule has 1 aromatic carbocycles. The Kier molecular flexibility index (Phi) is 3.82. The fraction of sp³-hybridized carbons (Fsp3) is 0.0909. The summed E-state index contributed by atoms with van der Waals surface area (Å²) in [6.45, 7) is 0. The largest absolute Gasteiger partial charge is 0.481 e. The van der Waals surface area contributed by atoms with E-state index in [-0.39, 0.29) is 23.2 Å². The number of benzene rings is 1.